The van der Waals surface area contributed by atoms with E-state index in [1.165, 1.54) is 116 Å². The third-order valence-electron chi connectivity index (χ3n) is 5.47. The summed E-state index contributed by atoms with van der Waals surface area (Å²) < 4.78 is 31.6. The molecule has 198 valence electrons. The molecule has 0 spiro atoms. The van der Waals surface area contributed by atoms with Gasteiger partial charge in [-0.05, 0) is 38.3 Å². The summed E-state index contributed by atoms with van der Waals surface area (Å²) in [6.45, 7) is 11.7. The lowest BCUT2D eigenvalue weighted by Gasteiger charge is -2.08. The SMILES string of the molecule is CCCCC(CC)CO.CCCCCCCCCCCCNCCCCC.O=S(=O)(O)O. The topological polar surface area (TPSA) is 107 Å². The van der Waals surface area contributed by atoms with E-state index in [2.05, 4.69) is 33.0 Å². The Morgan fingerprint density at radius 2 is 0.969 bits per heavy atom. The minimum atomic E-state index is -4.67. The molecule has 7 heteroatoms. The Kier molecular flexibility index (Phi) is 35.0. The number of aliphatic hydroxyl groups excluding tert-OH is 1. The van der Waals surface area contributed by atoms with E-state index < -0.39 is 10.4 Å². The summed E-state index contributed by atoms with van der Waals surface area (Å²) in [5, 5.41) is 12.3. The van der Waals surface area contributed by atoms with Gasteiger partial charge in [-0.25, -0.2) is 0 Å². The maximum absolute atomic E-state index is 8.75. The Bertz CT molecular complexity index is 391. The second-order valence-corrected chi connectivity index (χ2v) is 9.58. The van der Waals surface area contributed by atoms with Crippen molar-refractivity contribution in [3.05, 3.63) is 0 Å². The molecule has 0 aromatic rings. The fourth-order valence-electron chi connectivity index (χ4n) is 3.28. The molecule has 4 N–H and O–H groups in total. The fourth-order valence-corrected chi connectivity index (χ4v) is 3.28. The molecule has 0 aliphatic rings. The summed E-state index contributed by atoms with van der Waals surface area (Å²) in [7, 11) is -4.67. The zero-order valence-electron chi connectivity index (χ0n) is 21.8. The lowest BCUT2D eigenvalue weighted by Crippen LogP contribution is -2.16. The molecule has 0 aliphatic heterocycles. The minimum Gasteiger partial charge on any atom is -0.396 e. The van der Waals surface area contributed by atoms with Gasteiger partial charge in [0.05, 0.1) is 0 Å². The van der Waals surface area contributed by atoms with Crippen LogP contribution in [0.4, 0.5) is 0 Å². The third-order valence-corrected chi connectivity index (χ3v) is 5.47. The van der Waals surface area contributed by atoms with E-state index in [-0.39, 0.29) is 0 Å². The maximum atomic E-state index is 8.75. The number of hydrogen-bond acceptors (Lipinski definition) is 4. The van der Waals surface area contributed by atoms with E-state index in [4.69, 9.17) is 22.6 Å². The summed E-state index contributed by atoms with van der Waals surface area (Å²) >= 11 is 0. The number of hydrogen-bond donors (Lipinski definition) is 4. The molecule has 0 aromatic carbocycles. The van der Waals surface area contributed by atoms with Crippen LogP contribution in [-0.2, 0) is 10.4 Å². The third kappa shape index (κ3) is 47.5. The highest BCUT2D eigenvalue weighted by Gasteiger charge is 2.01. The molecule has 1 atom stereocenters. The van der Waals surface area contributed by atoms with Gasteiger partial charge in [-0.3, -0.25) is 9.11 Å². The van der Waals surface area contributed by atoms with Gasteiger partial charge in [0.2, 0.25) is 0 Å². The van der Waals surface area contributed by atoms with Gasteiger partial charge in [0.15, 0.2) is 0 Å². The first kappa shape index (κ1) is 36.4. The molecule has 6 nitrogen and oxygen atoms in total. The summed E-state index contributed by atoms with van der Waals surface area (Å²) in [6.07, 6.45) is 23.3. The maximum Gasteiger partial charge on any atom is 0.394 e. The van der Waals surface area contributed by atoms with Gasteiger partial charge in [0.25, 0.3) is 0 Å². The van der Waals surface area contributed by atoms with Crippen molar-refractivity contribution in [1.82, 2.24) is 5.32 Å². The Labute approximate surface area is 200 Å². The van der Waals surface area contributed by atoms with Crippen molar-refractivity contribution in [3.8, 4) is 0 Å². The molecule has 0 amide bonds. The molecule has 1 unspecified atom stereocenters. The lowest BCUT2D eigenvalue weighted by molar-refractivity contribution is 0.212. The predicted octanol–water partition coefficient (Wildman–Crippen LogP) is 7.23. The van der Waals surface area contributed by atoms with Gasteiger partial charge in [-0.15, -0.1) is 0 Å². The predicted molar refractivity (Wildman–Crippen MR) is 139 cm³/mol. The molecule has 0 rings (SSSR count). The monoisotopic (exact) mass is 483 g/mol. The van der Waals surface area contributed by atoms with Crippen molar-refractivity contribution in [1.29, 1.82) is 0 Å². The van der Waals surface area contributed by atoms with Gasteiger partial charge >= 0.3 is 10.4 Å². The number of unbranched alkanes of at least 4 members (excludes halogenated alkanes) is 12. The van der Waals surface area contributed by atoms with Gasteiger partial charge in [0, 0.05) is 6.61 Å². The molecule has 0 aliphatic carbocycles. The summed E-state index contributed by atoms with van der Waals surface area (Å²) in [4.78, 5) is 0. The van der Waals surface area contributed by atoms with Gasteiger partial charge in [0.1, 0.15) is 0 Å². The lowest BCUT2D eigenvalue weighted by atomic mass is 10.0. The molecule has 0 heterocycles. The zero-order chi connectivity index (χ0) is 24.9. The minimum absolute atomic E-state index is 0.372. The van der Waals surface area contributed by atoms with Crippen molar-refractivity contribution < 1.29 is 22.6 Å². The van der Waals surface area contributed by atoms with Crippen molar-refractivity contribution in [3.63, 3.8) is 0 Å². The van der Waals surface area contributed by atoms with E-state index in [0.29, 0.717) is 12.5 Å². The highest BCUT2D eigenvalue weighted by Crippen LogP contribution is 2.11. The Hall–Kier alpha value is -0.210. The molecule has 0 saturated heterocycles. The van der Waals surface area contributed by atoms with Crippen LogP contribution in [0.1, 0.15) is 137 Å². The fraction of sp³-hybridized carbons (Fsp3) is 1.00. The van der Waals surface area contributed by atoms with Crippen molar-refractivity contribution in [2.24, 2.45) is 5.92 Å². The van der Waals surface area contributed by atoms with Crippen LogP contribution in [0.15, 0.2) is 0 Å². The molecule has 0 bridgehead atoms. The second-order valence-electron chi connectivity index (χ2n) is 8.69. The molecule has 0 fully saturated rings. The van der Waals surface area contributed by atoms with Crippen LogP contribution < -0.4 is 5.32 Å². The van der Waals surface area contributed by atoms with Gasteiger partial charge in [-0.2, -0.15) is 8.42 Å². The number of rotatable bonds is 20. The number of nitrogens with one attached hydrogen (secondary N) is 1. The average Bonchev–Trinajstić information content (AvgIpc) is 2.74. The Morgan fingerprint density at radius 3 is 1.34 bits per heavy atom. The van der Waals surface area contributed by atoms with E-state index in [9.17, 15) is 0 Å². The van der Waals surface area contributed by atoms with Crippen LogP contribution >= 0.6 is 0 Å². The smallest absolute Gasteiger partial charge is 0.394 e. The summed E-state index contributed by atoms with van der Waals surface area (Å²) in [5.74, 6) is 0.560. The van der Waals surface area contributed by atoms with Crippen LogP contribution in [-0.4, -0.2) is 42.3 Å². The summed E-state index contributed by atoms with van der Waals surface area (Å²) in [5.41, 5.74) is 0. The largest absolute Gasteiger partial charge is 0.396 e. The molecule has 0 saturated carbocycles. The Balaban J connectivity index is -0.000000496. The van der Waals surface area contributed by atoms with Crippen molar-refractivity contribution in [2.75, 3.05) is 19.7 Å². The van der Waals surface area contributed by atoms with Crippen molar-refractivity contribution in [2.45, 2.75) is 137 Å². The highest BCUT2D eigenvalue weighted by atomic mass is 32.3. The number of aliphatic hydroxyl groups is 1. The standard InChI is InChI=1S/C17H37N.C8H18O.H2O4S/c1-3-5-7-8-9-10-11-12-13-15-17-18-16-14-6-4-2;1-3-5-6-8(4-2)7-9;1-5(2,3)4/h18H,3-17H2,1-2H3;8-9H,3-7H2,1-2H3;(H2,1,2,3,4). The molecular formula is C25H57NO5S. The van der Waals surface area contributed by atoms with Crippen LogP contribution in [0.3, 0.4) is 0 Å². The first-order chi connectivity index (χ1) is 15.3. The van der Waals surface area contributed by atoms with E-state index in [0.717, 1.165) is 6.42 Å². The van der Waals surface area contributed by atoms with E-state index in [1.54, 1.807) is 0 Å². The molecule has 0 radical (unpaired) electrons. The van der Waals surface area contributed by atoms with Crippen molar-refractivity contribution >= 4 is 10.4 Å². The Morgan fingerprint density at radius 1 is 0.625 bits per heavy atom. The van der Waals surface area contributed by atoms with E-state index >= 15 is 0 Å². The first-order valence-electron chi connectivity index (χ1n) is 13.3. The van der Waals surface area contributed by atoms with Crippen LogP contribution in [0.2, 0.25) is 0 Å². The average molecular weight is 484 g/mol. The first-order valence-corrected chi connectivity index (χ1v) is 14.7. The normalized spacial score (nSPS) is 11.8. The molecule has 32 heavy (non-hydrogen) atoms. The highest BCUT2D eigenvalue weighted by molar-refractivity contribution is 7.79. The molecule has 0 aromatic heterocycles. The zero-order valence-corrected chi connectivity index (χ0v) is 22.6. The van der Waals surface area contributed by atoms with Crippen LogP contribution in [0.5, 0.6) is 0 Å². The van der Waals surface area contributed by atoms with Crippen LogP contribution in [0.25, 0.3) is 0 Å². The summed E-state index contributed by atoms with van der Waals surface area (Å²) in [6, 6.07) is 0. The molecular weight excluding hydrogens is 426 g/mol. The quantitative estimate of drug-likeness (QED) is 0.107. The van der Waals surface area contributed by atoms with Crippen LogP contribution in [0, 0.1) is 5.92 Å². The van der Waals surface area contributed by atoms with Gasteiger partial charge in [-0.1, -0.05) is 118 Å². The van der Waals surface area contributed by atoms with E-state index in [1.807, 2.05) is 0 Å². The van der Waals surface area contributed by atoms with Gasteiger partial charge < -0.3 is 10.4 Å². The second kappa shape index (κ2) is 30.8.